The fraction of sp³-hybridized carbons (Fsp3) is 0.400. The Morgan fingerprint density at radius 3 is 2.57 bits per heavy atom. The molecule has 1 N–H and O–H groups in total. The van der Waals surface area contributed by atoms with E-state index < -0.39 is 0 Å². The maximum absolute atomic E-state index is 6.06. The van der Waals surface area contributed by atoms with Crippen LogP contribution in [0, 0.1) is 0 Å². The molecule has 0 spiro atoms. The summed E-state index contributed by atoms with van der Waals surface area (Å²) in [6.45, 7) is 7.21. The van der Waals surface area contributed by atoms with Crippen molar-refractivity contribution in [1.82, 2.24) is 15.1 Å². The van der Waals surface area contributed by atoms with Crippen LogP contribution >= 0.6 is 43.5 Å². The number of nitrogens with one attached hydrogen (secondary N) is 1. The van der Waals surface area contributed by atoms with Gasteiger partial charge in [-0.2, -0.15) is 5.10 Å². The van der Waals surface area contributed by atoms with Gasteiger partial charge in [0.1, 0.15) is 0 Å². The standard InChI is InChI=1S/C15H18Br2ClN3/c1-4-19-14(11-6-5-10(18)7-12(11)16)15-13(17)8-20-21(15)9(2)3/h5-9,14,19H,4H2,1-3H3. The van der Waals surface area contributed by atoms with Crippen LogP contribution in [0.2, 0.25) is 5.02 Å². The molecule has 0 amide bonds. The molecule has 114 valence electrons. The van der Waals surface area contributed by atoms with Crippen molar-refractivity contribution < 1.29 is 0 Å². The lowest BCUT2D eigenvalue weighted by Gasteiger charge is -2.23. The first-order valence-corrected chi connectivity index (χ1v) is 8.83. The van der Waals surface area contributed by atoms with E-state index in [1.165, 1.54) is 0 Å². The molecule has 0 aliphatic rings. The first-order valence-electron chi connectivity index (χ1n) is 6.87. The Hall–Kier alpha value is -0.360. The van der Waals surface area contributed by atoms with Gasteiger partial charge in [0.2, 0.25) is 0 Å². The monoisotopic (exact) mass is 433 g/mol. The van der Waals surface area contributed by atoms with E-state index in [-0.39, 0.29) is 6.04 Å². The zero-order valence-corrected chi connectivity index (χ0v) is 16.1. The molecule has 0 saturated heterocycles. The number of hydrogen-bond acceptors (Lipinski definition) is 2. The van der Waals surface area contributed by atoms with Crippen LogP contribution in [0.3, 0.4) is 0 Å². The van der Waals surface area contributed by atoms with E-state index in [0.717, 1.165) is 31.8 Å². The zero-order valence-electron chi connectivity index (χ0n) is 12.2. The Balaban J connectivity index is 2.56. The number of aromatic nitrogens is 2. The summed E-state index contributed by atoms with van der Waals surface area (Å²) in [7, 11) is 0. The van der Waals surface area contributed by atoms with E-state index in [9.17, 15) is 0 Å². The van der Waals surface area contributed by atoms with Crippen LogP contribution in [0.4, 0.5) is 0 Å². The average Bonchev–Trinajstić information content (AvgIpc) is 2.79. The van der Waals surface area contributed by atoms with E-state index in [1.54, 1.807) is 0 Å². The molecule has 1 aromatic carbocycles. The summed E-state index contributed by atoms with van der Waals surface area (Å²) in [5, 5.41) is 8.73. The smallest absolute Gasteiger partial charge is 0.0770 e. The first-order chi connectivity index (χ1) is 9.95. The van der Waals surface area contributed by atoms with Gasteiger partial charge >= 0.3 is 0 Å². The Labute approximate surface area is 147 Å². The third kappa shape index (κ3) is 3.70. The predicted molar refractivity (Wildman–Crippen MR) is 95.0 cm³/mol. The predicted octanol–water partition coefficient (Wildman–Crippen LogP) is 5.34. The van der Waals surface area contributed by atoms with E-state index in [0.29, 0.717) is 6.04 Å². The van der Waals surface area contributed by atoms with Crippen molar-refractivity contribution in [2.24, 2.45) is 0 Å². The Morgan fingerprint density at radius 2 is 2.00 bits per heavy atom. The summed E-state index contributed by atoms with van der Waals surface area (Å²) in [5.41, 5.74) is 2.26. The summed E-state index contributed by atoms with van der Waals surface area (Å²) in [4.78, 5) is 0. The average molecular weight is 436 g/mol. The van der Waals surface area contributed by atoms with Gasteiger partial charge < -0.3 is 5.32 Å². The second-order valence-corrected chi connectivity index (χ2v) is 7.22. The van der Waals surface area contributed by atoms with Crippen LogP contribution in [0.15, 0.2) is 33.3 Å². The summed E-state index contributed by atoms with van der Waals surface area (Å²) >= 11 is 13.3. The van der Waals surface area contributed by atoms with Crippen LogP contribution in [-0.2, 0) is 0 Å². The Bertz CT molecular complexity index is 625. The minimum Gasteiger partial charge on any atom is -0.305 e. The SMILES string of the molecule is CCNC(c1ccc(Cl)cc1Br)c1c(Br)cnn1C(C)C. The van der Waals surface area contributed by atoms with Crippen molar-refractivity contribution in [3.63, 3.8) is 0 Å². The van der Waals surface area contributed by atoms with Crippen molar-refractivity contribution in [3.05, 3.63) is 49.6 Å². The van der Waals surface area contributed by atoms with E-state index in [2.05, 4.69) is 63.0 Å². The number of nitrogens with zero attached hydrogens (tertiary/aromatic N) is 2. The van der Waals surface area contributed by atoms with Gasteiger partial charge in [-0.05, 0) is 54.0 Å². The van der Waals surface area contributed by atoms with Gasteiger partial charge in [0.25, 0.3) is 0 Å². The van der Waals surface area contributed by atoms with Crippen molar-refractivity contribution in [3.8, 4) is 0 Å². The normalized spacial score (nSPS) is 12.9. The Morgan fingerprint density at radius 1 is 1.29 bits per heavy atom. The zero-order chi connectivity index (χ0) is 15.6. The van der Waals surface area contributed by atoms with Crippen molar-refractivity contribution in [2.75, 3.05) is 6.54 Å². The topological polar surface area (TPSA) is 29.9 Å². The molecule has 1 aromatic heterocycles. The number of halogens is 3. The molecule has 6 heteroatoms. The molecule has 0 saturated carbocycles. The minimum absolute atomic E-state index is 0.0425. The molecular formula is C15H18Br2ClN3. The summed E-state index contributed by atoms with van der Waals surface area (Å²) in [6.07, 6.45) is 1.85. The lowest BCUT2D eigenvalue weighted by molar-refractivity contribution is 0.475. The highest BCUT2D eigenvalue weighted by atomic mass is 79.9. The molecule has 21 heavy (non-hydrogen) atoms. The molecule has 2 aromatic rings. The molecule has 2 rings (SSSR count). The lowest BCUT2D eigenvalue weighted by Crippen LogP contribution is -2.26. The quantitative estimate of drug-likeness (QED) is 0.687. The summed E-state index contributed by atoms with van der Waals surface area (Å²) in [6, 6.07) is 6.21. The lowest BCUT2D eigenvalue weighted by atomic mass is 10.0. The summed E-state index contributed by atoms with van der Waals surface area (Å²) in [5.74, 6) is 0. The maximum atomic E-state index is 6.06. The number of hydrogen-bond donors (Lipinski definition) is 1. The third-order valence-corrected chi connectivity index (χ3v) is 4.76. The van der Waals surface area contributed by atoms with E-state index in [4.69, 9.17) is 11.6 Å². The molecular weight excluding hydrogens is 417 g/mol. The van der Waals surface area contributed by atoms with Gasteiger partial charge in [-0.15, -0.1) is 0 Å². The van der Waals surface area contributed by atoms with Crippen molar-refractivity contribution >= 4 is 43.5 Å². The molecule has 1 atom stereocenters. The number of benzene rings is 1. The highest BCUT2D eigenvalue weighted by Gasteiger charge is 2.24. The Kier molecular flexibility index (Phi) is 5.88. The molecule has 1 heterocycles. The molecule has 0 bridgehead atoms. The van der Waals surface area contributed by atoms with Gasteiger partial charge in [0, 0.05) is 15.5 Å². The molecule has 0 radical (unpaired) electrons. The molecule has 3 nitrogen and oxygen atoms in total. The van der Waals surface area contributed by atoms with Crippen LogP contribution < -0.4 is 5.32 Å². The molecule has 0 fully saturated rings. The van der Waals surface area contributed by atoms with Gasteiger partial charge in [0.05, 0.1) is 22.4 Å². The van der Waals surface area contributed by atoms with Crippen molar-refractivity contribution in [2.45, 2.75) is 32.9 Å². The minimum atomic E-state index is 0.0425. The van der Waals surface area contributed by atoms with Crippen LogP contribution in [0.25, 0.3) is 0 Å². The van der Waals surface area contributed by atoms with Gasteiger partial charge in [0.15, 0.2) is 0 Å². The largest absolute Gasteiger partial charge is 0.305 e. The van der Waals surface area contributed by atoms with Crippen LogP contribution in [0.5, 0.6) is 0 Å². The highest BCUT2D eigenvalue weighted by Crippen LogP contribution is 2.35. The number of rotatable bonds is 5. The van der Waals surface area contributed by atoms with Gasteiger partial charge in [-0.1, -0.05) is 40.5 Å². The first kappa shape index (κ1) is 17.0. The summed E-state index contributed by atoms with van der Waals surface area (Å²) < 4.78 is 4.03. The molecule has 0 aliphatic heterocycles. The fourth-order valence-corrected chi connectivity index (χ4v) is 3.74. The van der Waals surface area contributed by atoms with Crippen molar-refractivity contribution in [1.29, 1.82) is 0 Å². The van der Waals surface area contributed by atoms with Crippen LogP contribution in [-0.4, -0.2) is 16.3 Å². The van der Waals surface area contributed by atoms with E-state index >= 15 is 0 Å². The van der Waals surface area contributed by atoms with Gasteiger partial charge in [-0.3, -0.25) is 4.68 Å². The van der Waals surface area contributed by atoms with E-state index in [1.807, 2.05) is 29.1 Å². The fourth-order valence-electron chi connectivity index (χ4n) is 2.33. The second kappa shape index (κ2) is 7.27. The molecule has 0 aliphatic carbocycles. The maximum Gasteiger partial charge on any atom is 0.0770 e. The van der Waals surface area contributed by atoms with Gasteiger partial charge in [-0.25, -0.2) is 0 Å². The third-order valence-electron chi connectivity index (χ3n) is 3.23. The second-order valence-electron chi connectivity index (χ2n) is 5.07. The van der Waals surface area contributed by atoms with Crippen LogP contribution in [0.1, 0.15) is 44.1 Å². The highest BCUT2D eigenvalue weighted by molar-refractivity contribution is 9.10. The molecule has 1 unspecified atom stereocenters.